The summed E-state index contributed by atoms with van der Waals surface area (Å²) in [5.41, 5.74) is 0.873. The molecule has 0 aliphatic carbocycles. The Balaban J connectivity index is 2.24. The molecule has 4 heteroatoms. The number of nitrogens with one attached hydrogen (secondary N) is 1. The van der Waals surface area contributed by atoms with Gasteiger partial charge in [0, 0.05) is 41.3 Å². The molecular weight excluding hydrogens is 287 g/mol. The average Bonchev–Trinajstić information content (AvgIpc) is 2.46. The van der Waals surface area contributed by atoms with E-state index in [2.05, 4.69) is 37.9 Å². The van der Waals surface area contributed by atoms with E-state index in [4.69, 9.17) is 11.6 Å². The van der Waals surface area contributed by atoms with Gasteiger partial charge in [0.1, 0.15) is 5.82 Å². The second-order valence-electron chi connectivity index (χ2n) is 6.71. The third-order valence-electron chi connectivity index (χ3n) is 5.12. The van der Waals surface area contributed by atoms with Crippen LogP contribution in [0.2, 0.25) is 5.02 Å². The van der Waals surface area contributed by atoms with Gasteiger partial charge in [-0.25, -0.2) is 4.39 Å². The third kappa shape index (κ3) is 3.58. The van der Waals surface area contributed by atoms with E-state index in [1.54, 1.807) is 12.1 Å². The van der Waals surface area contributed by atoms with Crippen molar-refractivity contribution in [3.8, 4) is 0 Å². The van der Waals surface area contributed by atoms with Gasteiger partial charge in [0.15, 0.2) is 0 Å². The lowest BCUT2D eigenvalue weighted by molar-refractivity contribution is 0.00972. The fourth-order valence-electron chi connectivity index (χ4n) is 2.87. The predicted octanol–water partition coefficient (Wildman–Crippen LogP) is 4.22. The van der Waals surface area contributed by atoms with E-state index in [1.807, 2.05) is 0 Å². The van der Waals surface area contributed by atoms with E-state index < -0.39 is 0 Å². The summed E-state index contributed by atoms with van der Waals surface area (Å²) in [4.78, 5) is 2.42. The quantitative estimate of drug-likeness (QED) is 0.895. The highest BCUT2D eigenvalue weighted by Crippen LogP contribution is 2.30. The summed E-state index contributed by atoms with van der Waals surface area (Å²) in [6.45, 7) is 11.4. The molecule has 0 bridgehead atoms. The van der Waals surface area contributed by atoms with E-state index >= 15 is 0 Å². The van der Waals surface area contributed by atoms with Crippen molar-refractivity contribution in [2.45, 2.75) is 58.2 Å². The van der Waals surface area contributed by atoms with Gasteiger partial charge in [-0.1, -0.05) is 31.5 Å². The van der Waals surface area contributed by atoms with E-state index in [1.165, 1.54) is 6.07 Å². The first-order chi connectivity index (χ1) is 9.82. The number of halogens is 2. The molecule has 0 spiro atoms. The fraction of sp³-hybridized carbons (Fsp3) is 0.647. The molecule has 1 aliphatic heterocycles. The lowest BCUT2D eigenvalue weighted by Crippen LogP contribution is -2.67. The van der Waals surface area contributed by atoms with Gasteiger partial charge < -0.3 is 5.32 Å². The number of benzene rings is 1. The molecule has 21 heavy (non-hydrogen) atoms. The predicted molar refractivity (Wildman–Crippen MR) is 87.2 cm³/mol. The summed E-state index contributed by atoms with van der Waals surface area (Å²) >= 11 is 5.85. The van der Waals surface area contributed by atoms with Crippen LogP contribution in [0.15, 0.2) is 18.2 Å². The molecule has 2 nitrogen and oxygen atoms in total. The molecule has 2 atom stereocenters. The Hall–Kier alpha value is -0.640. The second-order valence-corrected chi connectivity index (χ2v) is 7.15. The smallest absolute Gasteiger partial charge is 0.129 e. The molecular formula is C17H26ClFN2. The molecule has 1 aliphatic rings. The summed E-state index contributed by atoms with van der Waals surface area (Å²) < 4.78 is 14.1. The Morgan fingerprint density at radius 2 is 2.00 bits per heavy atom. The molecule has 1 aromatic carbocycles. The number of rotatable bonds is 4. The Morgan fingerprint density at radius 3 is 2.57 bits per heavy atom. The van der Waals surface area contributed by atoms with Gasteiger partial charge >= 0.3 is 0 Å². The van der Waals surface area contributed by atoms with Crippen molar-refractivity contribution in [2.75, 3.05) is 13.1 Å². The molecule has 0 saturated carbocycles. The highest BCUT2D eigenvalue weighted by Gasteiger charge is 2.40. The van der Waals surface area contributed by atoms with Crippen LogP contribution >= 0.6 is 11.6 Å². The van der Waals surface area contributed by atoms with Crippen molar-refractivity contribution < 1.29 is 4.39 Å². The van der Waals surface area contributed by atoms with Crippen LogP contribution in [0.4, 0.5) is 4.39 Å². The molecule has 1 N–H and O–H groups in total. The molecule has 1 fully saturated rings. The molecule has 2 rings (SSSR count). The second kappa shape index (κ2) is 6.23. The first kappa shape index (κ1) is 16.7. The maximum atomic E-state index is 14.1. The monoisotopic (exact) mass is 312 g/mol. The van der Waals surface area contributed by atoms with Crippen LogP contribution in [-0.4, -0.2) is 29.1 Å². The first-order valence-electron chi connectivity index (χ1n) is 7.76. The molecule has 1 saturated heterocycles. The van der Waals surface area contributed by atoms with Crippen LogP contribution in [-0.2, 0) is 6.54 Å². The summed E-state index contributed by atoms with van der Waals surface area (Å²) in [5, 5.41) is 4.12. The van der Waals surface area contributed by atoms with E-state index in [0.29, 0.717) is 11.6 Å². The Kier molecular flexibility index (Phi) is 4.96. The molecule has 1 aromatic rings. The topological polar surface area (TPSA) is 15.3 Å². The number of hydrogen-bond donors (Lipinski definition) is 1. The van der Waals surface area contributed by atoms with Crippen molar-refractivity contribution in [1.82, 2.24) is 10.2 Å². The van der Waals surface area contributed by atoms with Crippen LogP contribution in [0.1, 0.15) is 46.1 Å². The lowest BCUT2D eigenvalue weighted by atomic mass is 9.85. The largest absolute Gasteiger partial charge is 0.308 e. The normalized spacial score (nSPS) is 30.6. The van der Waals surface area contributed by atoms with Crippen molar-refractivity contribution in [3.63, 3.8) is 0 Å². The molecule has 0 radical (unpaired) electrons. The highest BCUT2D eigenvalue weighted by molar-refractivity contribution is 6.30. The molecule has 1 heterocycles. The van der Waals surface area contributed by atoms with Crippen molar-refractivity contribution in [2.24, 2.45) is 0 Å². The minimum atomic E-state index is -0.210. The molecule has 0 amide bonds. The number of nitrogens with zero attached hydrogens (tertiary/aromatic N) is 1. The highest BCUT2D eigenvalue weighted by atomic mass is 35.5. The fourth-order valence-corrected chi connectivity index (χ4v) is 3.03. The van der Waals surface area contributed by atoms with Crippen molar-refractivity contribution in [1.29, 1.82) is 0 Å². The SMILES string of the molecule is CCC1(C)CN(Cc2ccc(Cl)cc2F)C(C)(CC)CN1. The maximum Gasteiger partial charge on any atom is 0.129 e. The number of piperazine rings is 1. The van der Waals surface area contributed by atoms with Crippen LogP contribution in [0.5, 0.6) is 0 Å². The van der Waals surface area contributed by atoms with E-state index in [-0.39, 0.29) is 16.9 Å². The minimum Gasteiger partial charge on any atom is -0.308 e. The van der Waals surface area contributed by atoms with Gasteiger partial charge in [0.25, 0.3) is 0 Å². The van der Waals surface area contributed by atoms with Crippen LogP contribution in [0.25, 0.3) is 0 Å². The van der Waals surface area contributed by atoms with Gasteiger partial charge in [0.05, 0.1) is 0 Å². The van der Waals surface area contributed by atoms with Crippen molar-refractivity contribution >= 4 is 11.6 Å². The van der Waals surface area contributed by atoms with Crippen LogP contribution in [0.3, 0.4) is 0 Å². The maximum absolute atomic E-state index is 14.1. The Morgan fingerprint density at radius 1 is 1.29 bits per heavy atom. The number of hydrogen-bond acceptors (Lipinski definition) is 2. The first-order valence-corrected chi connectivity index (χ1v) is 8.14. The zero-order valence-corrected chi connectivity index (χ0v) is 14.2. The van der Waals surface area contributed by atoms with Gasteiger partial charge in [0.2, 0.25) is 0 Å². The standard InChI is InChI=1S/C17H26ClFN2/c1-5-16(3)12-21(17(4,6-2)11-20-16)10-13-7-8-14(18)9-15(13)19/h7-9,20H,5-6,10-12H2,1-4H3. The minimum absolute atomic E-state index is 0.0563. The Bertz CT molecular complexity index is 508. The third-order valence-corrected chi connectivity index (χ3v) is 5.35. The van der Waals surface area contributed by atoms with Gasteiger partial charge in [-0.15, -0.1) is 0 Å². The Labute approximate surface area is 132 Å². The van der Waals surface area contributed by atoms with Gasteiger partial charge in [-0.3, -0.25) is 4.90 Å². The lowest BCUT2D eigenvalue weighted by Gasteiger charge is -2.52. The van der Waals surface area contributed by atoms with E-state index in [9.17, 15) is 4.39 Å². The van der Waals surface area contributed by atoms with Crippen LogP contribution in [0, 0.1) is 5.82 Å². The summed E-state index contributed by atoms with van der Waals surface area (Å²) in [6, 6.07) is 4.98. The molecule has 2 unspecified atom stereocenters. The van der Waals surface area contributed by atoms with Crippen LogP contribution < -0.4 is 5.32 Å². The zero-order chi connectivity index (χ0) is 15.7. The van der Waals surface area contributed by atoms with Crippen molar-refractivity contribution in [3.05, 3.63) is 34.6 Å². The molecule has 118 valence electrons. The summed E-state index contributed by atoms with van der Waals surface area (Å²) in [5.74, 6) is -0.210. The van der Waals surface area contributed by atoms with Gasteiger partial charge in [-0.2, -0.15) is 0 Å². The summed E-state index contributed by atoms with van der Waals surface area (Å²) in [7, 11) is 0. The van der Waals surface area contributed by atoms with Gasteiger partial charge in [-0.05, 0) is 38.8 Å². The molecule has 0 aromatic heterocycles. The van der Waals surface area contributed by atoms with E-state index in [0.717, 1.165) is 31.5 Å². The average molecular weight is 313 g/mol. The summed E-state index contributed by atoms with van der Waals surface area (Å²) in [6.07, 6.45) is 2.10. The zero-order valence-electron chi connectivity index (χ0n) is 13.5.